The molecule has 2 aromatic rings. The Labute approximate surface area is 207 Å². The van der Waals surface area contributed by atoms with E-state index in [0.29, 0.717) is 19.4 Å². The van der Waals surface area contributed by atoms with Crippen LogP contribution in [-0.2, 0) is 23.1 Å². The van der Waals surface area contributed by atoms with E-state index in [1.165, 1.54) is 18.4 Å². The van der Waals surface area contributed by atoms with Gasteiger partial charge < -0.3 is 15.1 Å². The highest BCUT2D eigenvalue weighted by Gasteiger charge is 2.69. The van der Waals surface area contributed by atoms with E-state index >= 15 is 0 Å². The molecule has 1 aromatic carbocycles. The average molecular weight is 474 g/mol. The summed E-state index contributed by atoms with van der Waals surface area (Å²) in [6, 6.07) is 11.6. The Morgan fingerprint density at radius 1 is 1.09 bits per heavy atom. The van der Waals surface area contributed by atoms with Crippen molar-refractivity contribution in [3.05, 3.63) is 59.4 Å². The number of amides is 1. The quantitative estimate of drug-likeness (QED) is 0.713. The average Bonchev–Trinajstić information content (AvgIpc) is 3.76. The molecule has 5 aliphatic rings. The van der Waals surface area contributed by atoms with Crippen LogP contribution in [0.5, 0.6) is 5.75 Å². The van der Waals surface area contributed by atoms with Gasteiger partial charge in [0, 0.05) is 48.4 Å². The second-order valence-electron chi connectivity index (χ2n) is 12.0. The predicted molar refractivity (Wildman–Crippen MR) is 132 cm³/mol. The van der Waals surface area contributed by atoms with Crippen molar-refractivity contribution in [1.82, 2.24) is 14.8 Å². The highest BCUT2D eigenvalue weighted by atomic mass is 16.3. The van der Waals surface area contributed by atoms with Crippen LogP contribution in [0.25, 0.3) is 0 Å². The van der Waals surface area contributed by atoms with Crippen LogP contribution < -0.4 is 0 Å². The van der Waals surface area contributed by atoms with E-state index in [0.717, 1.165) is 62.4 Å². The van der Waals surface area contributed by atoms with E-state index in [1.807, 2.05) is 24.3 Å². The number of aromatic hydroxyl groups is 1. The molecule has 2 saturated heterocycles. The van der Waals surface area contributed by atoms with Crippen molar-refractivity contribution in [3.8, 4) is 5.75 Å². The van der Waals surface area contributed by atoms with E-state index in [1.54, 1.807) is 12.3 Å². The Morgan fingerprint density at radius 3 is 2.66 bits per heavy atom. The lowest BCUT2D eigenvalue weighted by Crippen LogP contribution is -2.72. The zero-order valence-electron chi connectivity index (χ0n) is 20.3. The van der Waals surface area contributed by atoms with E-state index < -0.39 is 11.0 Å². The number of hydrogen-bond acceptors (Lipinski definition) is 5. The molecule has 2 aliphatic heterocycles. The first kappa shape index (κ1) is 21.8. The molecule has 2 bridgehead atoms. The fourth-order valence-corrected chi connectivity index (χ4v) is 7.87. The summed E-state index contributed by atoms with van der Waals surface area (Å²) in [7, 11) is 0. The standard InChI is InChI=1S/C29H35N3O3/c33-23-7-6-21-15-25-29(35)19-27(8-9-27)32(26(34)16-22-3-1-2-12-30-22)14-11-28(29,24(21)17-23)10-13-31(25)18-20-4-5-20/h1-3,6-7,12,17,20,25,33,35H,4-5,8-11,13-16,18-19H2/t25-,28-,29-/m1/s1. The third-order valence-electron chi connectivity index (χ3n) is 9.98. The summed E-state index contributed by atoms with van der Waals surface area (Å²) in [5, 5.41) is 23.3. The monoisotopic (exact) mass is 473 g/mol. The number of carbonyl (C=O) groups excluding carboxylic acids is 1. The lowest BCUT2D eigenvalue weighted by Gasteiger charge is -2.62. The van der Waals surface area contributed by atoms with Gasteiger partial charge in [0.1, 0.15) is 5.75 Å². The third-order valence-corrected chi connectivity index (χ3v) is 9.98. The lowest BCUT2D eigenvalue weighted by molar-refractivity contribution is -0.155. The first-order valence-corrected chi connectivity index (χ1v) is 13.4. The van der Waals surface area contributed by atoms with Gasteiger partial charge >= 0.3 is 0 Å². The minimum Gasteiger partial charge on any atom is -0.508 e. The van der Waals surface area contributed by atoms with E-state index in [-0.39, 0.29) is 23.2 Å². The molecule has 3 heterocycles. The van der Waals surface area contributed by atoms with Crippen LogP contribution in [0.2, 0.25) is 0 Å². The molecule has 7 rings (SSSR count). The second-order valence-corrected chi connectivity index (χ2v) is 12.0. The SMILES string of the molecule is O=C(Cc1ccccn1)N1CC[C@]23CCN(CC4CC4)[C@H](Cc4ccc(O)cc42)[C@]3(O)CC12CC2. The van der Waals surface area contributed by atoms with Gasteiger partial charge in [0.2, 0.25) is 5.91 Å². The van der Waals surface area contributed by atoms with Crippen molar-refractivity contribution in [2.24, 2.45) is 5.92 Å². The van der Waals surface area contributed by atoms with Crippen LogP contribution in [0, 0.1) is 5.92 Å². The number of aliphatic hydroxyl groups is 1. The normalized spacial score (nSPS) is 33.1. The Balaban J connectivity index is 1.29. The lowest BCUT2D eigenvalue weighted by atomic mass is 9.52. The van der Waals surface area contributed by atoms with Gasteiger partial charge in [-0.05, 0) is 92.8 Å². The molecule has 2 N–H and O–H groups in total. The molecule has 3 aliphatic carbocycles. The minimum atomic E-state index is -0.905. The maximum atomic E-state index is 13.6. The van der Waals surface area contributed by atoms with Crippen LogP contribution in [0.1, 0.15) is 61.8 Å². The number of hydrogen-bond donors (Lipinski definition) is 2. The fourth-order valence-electron chi connectivity index (χ4n) is 7.87. The zero-order valence-corrected chi connectivity index (χ0v) is 20.3. The number of rotatable bonds is 4. The molecule has 2 saturated carbocycles. The summed E-state index contributed by atoms with van der Waals surface area (Å²) < 4.78 is 0. The molecule has 0 unspecified atom stereocenters. The van der Waals surface area contributed by atoms with Crippen LogP contribution in [0.3, 0.4) is 0 Å². The Hall–Kier alpha value is -2.44. The molecule has 1 aromatic heterocycles. The van der Waals surface area contributed by atoms with Crippen molar-refractivity contribution < 1.29 is 15.0 Å². The second kappa shape index (κ2) is 7.53. The molecule has 1 spiro atoms. The molecule has 6 heteroatoms. The van der Waals surface area contributed by atoms with Crippen molar-refractivity contribution in [2.45, 2.75) is 80.4 Å². The number of fused-ring (bicyclic) bond motifs is 1. The number of piperidine rings is 1. The molecule has 4 fully saturated rings. The smallest absolute Gasteiger partial charge is 0.229 e. The first-order chi connectivity index (χ1) is 16.9. The molecule has 184 valence electrons. The van der Waals surface area contributed by atoms with Crippen LogP contribution in [0.4, 0.5) is 0 Å². The van der Waals surface area contributed by atoms with Gasteiger partial charge in [0.25, 0.3) is 0 Å². The number of nitrogens with zero attached hydrogens (tertiary/aromatic N) is 3. The number of phenolic OH excluding ortho intramolecular Hbond substituents is 1. The van der Waals surface area contributed by atoms with Crippen LogP contribution in [0.15, 0.2) is 42.6 Å². The topological polar surface area (TPSA) is 76.9 Å². The summed E-state index contributed by atoms with van der Waals surface area (Å²) in [6.45, 7) is 2.71. The van der Waals surface area contributed by atoms with Crippen molar-refractivity contribution in [2.75, 3.05) is 19.6 Å². The first-order valence-electron chi connectivity index (χ1n) is 13.4. The van der Waals surface area contributed by atoms with Gasteiger partial charge in [-0.1, -0.05) is 12.1 Å². The number of pyridine rings is 1. The Kier molecular flexibility index (Phi) is 4.69. The number of benzene rings is 1. The number of aromatic nitrogens is 1. The summed E-state index contributed by atoms with van der Waals surface area (Å²) in [5.74, 6) is 1.16. The highest BCUT2D eigenvalue weighted by molar-refractivity contribution is 5.80. The maximum Gasteiger partial charge on any atom is 0.229 e. The van der Waals surface area contributed by atoms with Crippen molar-refractivity contribution in [1.29, 1.82) is 0 Å². The van der Waals surface area contributed by atoms with E-state index in [2.05, 4.69) is 20.9 Å². The molecule has 6 nitrogen and oxygen atoms in total. The van der Waals surface area contributed by atoms with Crippen LogP contribution in [-0.4, -0.2) is 67.7 Å². The summed E-state index contributed by atoms with van der Waals surface area (Å²) >= 11 is 0. The maximum absolute atomic E-state index is 13.6. The number of phenols is 1. The molecular weight excluding hydrogens is 438 g/mol. The summed E-state index contributed by atoms with van der Waals surface area (Å²) in [5.41, 5.74) is 1.60. The molecule has 35 heavy (non-hydrogen) atoms. The summed E-state index contributed by atoms with van der Waals surface area (Å²) in [6.07, 6.45) is 9.65. The Morgan fingerprint density at radius 2 is 1.91 bits per heavy atom. The van der Waals surface area contributed by atoms with Gasteiger partial charge in [-0.25, -0.2) is 0 Å². The van der Waals surface area contributed by atoms with Gasteiger partial charge in [-0.3, -0.25) is 14.7 Å². The van der Waals surface area contributed by atoms with Gasteiger partial charge in [0.05, 0.1) is 12.0 Å². The fraction of sp³-hybridized carbons (Fsp3) is 0.586. The molecular formula is C29H35N3O3. The van der Waals surface area contributed by atoms with E-state index in [9.17, 15) is 15.0 Å². The van der Waals surface area contributed by atoms with Gasteiger partial charge in [-0.2, -0.15) is 0 Å². The van der Waals surface area contributed by atoms with E-state index in [4.69, 9.17) is 0 Å². The highest BCUT2D eigenvalue weighted by Crippen LogP contribution is 2.62. The molecule has 3 atom stereocenters. The zero-order chi connectivity index (χ0) is 23.8. The predicted octanol–water partition coefficient (Wildman–Crippen LogP) is 3.19. The van der Waals surface area contributed by atoms with Crippen molar-refractivity contribution >= 4 is 5.91 Å². The number of likely N-dealkylation sites (tertiary alicyclic amines) is 2. The number of carbonyl (C=O) groups is 1. The Bertz CT molecular complexity index is 1160. The molecule has 0 radical (unpaired) electrons. The van der Waals surface area contributed by atoms with Crippen molar-refractivity contribution in [3.63, 3.8) is 0 Å². The third kappa shape index (κ3) is 3.29. The van der Waals surface area contributed by atoms with Crippen LogP contribution >= 0.6 is 0 Å². The largest absolute Gasteiger partial charge is 0.508 e. The summed E-state index contributed by atoms with van der Waals surface area (Å²) in [4.78, 5) is 22.7. The van der Waals surface area contributed by atoms with Gasteiger partial charge in [-0.15, -0.1) is 0 Å². The molecule has 1 amide bonds. The minimum absolute atomic E-state index is 0.0669. The van der Waals surface area contributed by atoms with Gasteiger partial charge in [0.15, 0.2) is 0 Å².